The van der Waals surface area contributed by atoms with Crippen LogP contribution in [0.4, 0.5) is 0 Å². The first-order valence-electron chi connectivity index (χ1n) is 20.3. The first kappa shape index (κ1) is 37.1. The molecule has 6 nitrogen and oxygen atoms in total. The third-order valence-corrected chi connectivity index (χ3v) is 10.7. The lowest BCUT2D eigenvalue weighted by molar-refractivity contribution is 1.07. The van der Waals surface area contributed by atoms with Crippen molar-refractivity contribution >= 4 is 0 Å². The van der Waals surface area contributed by atoms with Crippen LogP contribution >= 0.6 is 0 Å². The average Bonchev–Trinajstić information content (AvgIpc) is 3.35. The van der Waals surface area contributed by atoms with E-state index in [-0.39, 0.29) is 0 Å². The maximum absolute atomic E-state index is 5.23. The highest BCUT2D eigenvalue weighted by Crippen LogP contribution is 2.36. The summed E-state index contributed by atoms with van der Waals surface area (Å²) in [4.78, 5) is 30.0. The summed E-state index contributed by atoms with van der Waals surface area (Å²) in [5.74, 6) is 1.75. The Bertz CT molecular complexity index is 2920. The van der Waals surface area contributed by atoms with Crippen LogP contribution in [0, 0.1) is 6.92 Å². The number of aryl methyl sites for hydroxylation is 1. The molecule has 0 amide bonds. The van der Waals surface area contributed by atoms with Crippen molar-refractivity contribution in [3.05, 3.63) is 218 Å². The molecular weight excluding hydrogens is 745 g/mol. The normalized spacial score (nSPS) is 11.0. The molecular formula is C55H38N6. The monoisotopic (exact) mass is 782 g/mol. The average molecular weight is 783 g/mol. The Morgan fingerprint density at radius 2 is 0.590 bits per heavy atom. The summed E-state index contributed by atoms with van der Waals surface area (Å²) < 4.78 is 0. The first-order valence-corrected chi connectivity index (χ1v) is 20.3. The predicted octanol–water partition coefficient (Wildman–Crippen LogP) is 13.4. The predicted molar refractivity (Wildman–Crippen MR) is 247 cm³/mol. The van der Waals surface area contributed by atoms with Crippen molar-refractivity contribution in [2.75, 3.05) is 0 Å². The van der Waals surface area contributed by atoms with Gasteiger partial charge in [0.15, 0.2) is 17.5 Å². The Kier molecular flexibility index (Phi) is 10.1. The van der Waals surface area contributed by atoms with Crippen molar-refractivity contribution in [1.29, 1.82) is 0 Å². The molecule has 0 saturated carbocycles. The van der Waals surface area contributed by atoms with Gasteiger partial charge in [0.25, 0.3) is 0 Å². The molecule has 0 unspecified atom stereocenters. The van der Waals surface area contributed by atoms with Gasteiger partial charge >= 0.3 is 0 Å². The summed E-state index contributed by atoms with van der Waals surface area (Å²) in [5.41, 5.74) is 15.5. The molecule has 0 aliphatic rings. The van der Waals surface area contributed by atoms with E-state index in [0.29, 0.717) is 17.5 Å². The molecule has 288 valence electrons. The van der Waals surface area contributed by atoms with Gasteiger partial charge in [0.05, 0.1) is 22.8 Å². The highest BCUT2D eigenvalue weighted by atomic mass is 15.0. The van der Waals surface area contributed by atoms with Crippen molar-refractivity contribution in [3.8, 4) is 101 Å². The standard InChI is InChI=1S/C55H38N6/c1-37-18-20-42(21-19-37)45-32-46(47-35-51(49-16-8-10-30-56-49)58-52(36-47)50-17-9-11-31-57-50)34-48(33-45)55-60-53(43-26-22-40(23-27-43)38-12-4-2-5-13-38)59-54(61-55)44-28-24-41(25-29-44)39-14-6-3-7-15-39/h2-36H,1H3. The molecule has 4 heterocycles. The lowest BCUT2D eigenvalue weighted by Gasteiger charge is -2.14. The largest absolute Gasteiger partial charge is 0.255 e. The second-order valence-electron chi connectivity index (χ2n) is 14.9. The molecule has 4 aromatic heterocycles. The van der Waals surface area contributed by atoms with Gasteiger partial charge < -0.3 is 0 Å². The van der Waals surface area contributed by atoms with E-state index in [9.17, 15) is 0 Å². The van der Waals surface area contributed by atoms with E-state index in [4.69, 9.17) is 19.9 Å². The Labute approximate surface area is 355 Å². The summed E-state index contributed by atoms with van der Waals surface area (Å²) in [5, 5.41) is 0. The summed E-state index contributed by atoms with van der Waals surface area (Å²) in [6.45, 7) is 2.10. The molecule has 0 aliphatic heterocycles. The van der Waals surface area contributed by atoms with Gasteiger partial charge in [0.1, 0.15) is 0 Å². The Balaban J connectivity index is 1.16. The van der Waals surface area contributed by atoms with E-state index in [1.165, 1.54) is 5.56 Å². The van der Waals surface area contributed by atoms with E-state index in [1.807, 2.05) is 48.5 Å². The van der Waals surface area contributed by atoms with E-state index >= 15 is 0 Å². The molecule has 0 saturated heterocycles. The van der Waals surface area contributed by atoms with Gasteiger partial charge in [0.2, 0.25) is 0 Å². The van der Waals surface area contributed by atoms with Gasteiger partial charge in [-0.3, -0.25) is 9.97 Å². The fourth-order valence-electron chi connectivity index (χ4n) is 7.47. The van der Waals surface area contributed by atoms with Crippen LogP contribution in [-0.4, -0.2) is 29.9 Å². The number of hydrogen-bond donors (Lipinski definition) is 0. The molecule has 6 aromatic carbocycles. The van der Waals surface area contributed by atoms with Crippen LogP contribution in [0.15, 0.2) is 213 Å². The van der Waals surface area contributed by atoms with E-state index in [2.05, 4.69) is 169 Å². The van der Waals surface area contributed by atoms with E-state index in [0.717, 1.165) is 84.0 Å². The highest BCUT2D eigenvalue weighted by Gasteiger charge is 2.17. The number of hydrogen-bond acceptors (Lipinski definition) is 6. The topological polar surface area (TPSA) is 77.3 Å². The van der Waals surface area contributed by atoms with Gasteiger partial charge in [-0.05, 0) is 106 Å². The quantitative estimate of drug-likeness (QED) is 0.145. The van der Waals surface area contributed by atoms with Crippen LogP contribution in [0.25, 0.3) is 101 Å². The molecule has 0 N–H and O–H groups in total. The molecule has 61 heavy (non-hydrogen) atoms. The van der Waals surface area contributed by atoms with Crippen molar-refractivity contribution in [1.82, 2.24) is 29.9 Å². The molecule has 6 heteroatoms. The molecule has 0 spiro atoms. The second kappa shape index (κ2) is 16.6. The second-order valence-corrected chi connectivity index (χ2v) is 14.9. The first-order chi connectivity index (χ1) is 30.1. The number of pyridine rings is 3. The van der Waals surface area contributed by atoms with Gasteiger partial charge in [0, 0.05) is 29.1 Å². The highest BCUT2D eigenvalue weighted by molar-refractivity contribution is 5.83. The molecule has 0 fully saturated rings. The Morgan fingerprint density at radius 1 is 0.246 bits per heavy atom. The van der Waals surface area contributed by atoms with E-state index < -0.39 is 0 Å². The van der Waals surface area contributed by atoms with Crippen LogP contribution in [0.2, 0.25) is 0 Å². The zero-order valence-corrected chi connectivity index (χ0v) is 33.4. The van der Waals surface area contributed by atoms with Gasteiger partial charge in [-0.25, -0.2) is 19.9 Å². The van der Waals surface area contributed by atoms with Crippen LogP contribution in [0.1, 0.15) is 5.56 Å². The molecule has 0 aliphatic carbocycles. The number of nitrogens with zero attached hydrogens (tertiary/aromatic N) is 6. The lowest BCUT2D eigenvalue weighted by Crippen LogP contribution is -2.01. The van der Waals surface area contributed by atoms with Crippen molar-refractivity contribution < 1.29 is 0 Å². The maximum Gasteiger partial charge on any atom is 0.164 e. The lowest BCUT2D eigenvalue weighted by atomic mass is 9.94. The SMILES string of the molecule is Cc1ccc(-c2cc(-c3cc(-c4ccccn4)nc(-c4ccccn4)c3)cc(-c3nc(-c4ccc(-c5ccccc5)cc4)nc(-c4ccc(-c5ccccc5)cc4)n3)c2)cc1. The summed E-state index contributed by atoms with van der Waals surface area (Å²) in [6.07, 6.45) is 3.58. The molecule has 0 atom stereocenters. The van der Waals surface area contributed by atoms with Crippen LogP contribution < -0.4 is 0 Å². The van der Waals surface area contributed by atoms with Gasteiger partial charge in [-0.15, -0.1) is 0 Å². The molecule has 10 rings (SSSR count). The fraction of sp³-hybridized carbons (Fsp3) is 0.0182. The molecule has 10 aromatic rings. The van der Waals surface area contributed by atoms with Gasteiger partial charge in [-0.2, -0.15) is 0 Å². The Hall–Kier alpha value is -8.22. The van der Waals surface area contributed by atoms with Crippen molar-refractivity contribution in [2.24, 2.45) is 0 Å². The maximum atomic E-state index is 5.23. The summed E-state index contributed by atoms with van der Waals surface area (Å²) >= 11 is 0. The third kappa shape index (κ3) is 8.11. The number of rotatable bonds is 9. The van der Waals surface area contributed by atoms with Gasteiger partial charge in [-0.1, -0.05) is 151 Å². The molecule has 0 radical (unpaired) electrons. The number of benzene rings is 6. The van der Waals surface area contributed by atoms with Crippen LogP contribution in [0.5, 0.6) is 0 Å². The fourth-order valence-corrected chi connectivity index (χ4v) is 7.47. The van der Waals surface area contributed by atoms with Crippen molar-refractivity contribution in [3.63, 3.8) is 0 Å². The van der Waals surface area contributed by atoms with E-state index in [1.54, 1.807) is 12.4 Å². The summed E-state index contributed by atoms with van der Waals surface area (Å²) in [7, 11) is 0. The van der Waals surface area contributed by atoms with Crippen LogP contribution in [-0.2, 0) is 0 Å². The smallest absolute Gasteiger partial charge is 0.164 e. The summed E-state index contributed by atoms with van der Waals surface area (Å²) in [6, 6.07) is 68.7. The van der Waals surface area contributed by atoms with Crippen LogP contribution in [0.3, 0.4) is 0 Å². The minimum absolute atomic E-state index is 0.568. The Morgan fingerprint density at radius 3 is 1.05 bits per heavy atom. The zero-order chi connectivity index (χ0) is 41.0. The van der Waals surface area contributed by atoms with Crippen molar-refractivity contribution in [2.45, 2.75) is 6.92 Å². The third-order valence-electron chi connectivity index (χ3n) is 10.7. The zero-order valence-electron chi connectivity index (χ0n) is 33.4. The molecule has 0 bridgehead atoms. The minimum Gasteiger partial charge on any atom is -0.255 e. The number of aromatic nitrogens is 6. The minimum atomic E-state index is 0.568.